The van der Waals surface area contributed by atoms with Crippen molar-refractivity contribution in [2.24, 2.45) is 0 Å². The summed E-state index contributed by atoms with van der Waals surface area (Å²) < 4.78 is 43.9. The molecule has 3 amide bonds. The van der Waals surface area contributed by atoms with Gasteiger partial charge in [-0.1, -0.05) is 12.1 Å². The van der Waals surface area contributed by atoms with Crippen LogP contribution >= 0.6 is 0 Å². The summed E-state index contributed by atoms with van der Waals surface area (Å²) in [5, 5.41) is 6.53. The first-order chi connectivity index (χ1) is 14.3. The number of halogens is 3. The van der Waals surface area contributed by atoms with Gasteiger partial charge in [-0.05, 0) is 24.3 Å². The number of anilines is 1. The number of hydrogen-bond acceptors (Lipinski definition) is 5. The molecule has 2 aromatic carbocycles. The highest BCUT2D eigenvalue weighted by Crippen LogP contribution is 2.12. The summed E-state index contributed by atoms with van der Waals surface area (Å²) in [6.07, 6.45) is 0. The molecule has 30 heavy (non-hydrogen) atoms. The normalized spacial score (nSPS) is 10.1. The number of benzene rings is 2. The van der Waals surface area contributed by atoms with E-state index in [0.29, 0.717) is 0 Å². The van der Waals surface area contributed by atoms with Crippen molar-refractivity contribution in [1.29, 1.82) is 0 Å². The number of nitrogens with one attached hydrogen (secondary N) is 3. The number of esters is 1. The summed E-state index contributed by atoms with van der Waals surface area (Å²) in [5.41, 5.74) is -0.264. The molecule has 0 fully saturated rings. The highest BCUT2D eigenvalue weighted by Gasteiger charge is 2.14. The van der Waals surface area contributed by atoms with E-state index in [-0.39, 0.29) is 11.3 Å². The SMILES string of the molecule is O=C(COC(=O)CNC(=O)c1ccccc1F)NCC(=O)Nc1ccc(F)c(F)c1. The smallest absolute Gasteiger partial charge is 0.325 e. The molecule has 0 saturated heterocycles. The third kappa shape index (κ3) is 6.93. The lowest BCUT2D eigenvalue weighted by molar-refractivity contribution is -0.147. The quantitative estimate of drug-likeness (QED) is 0.551. The number of carbonyl (C=O) groups is 4. The fraction of sp³-hybridized carbons (Fsp3) is 0.158. The van der Waals surface area contributed by atoms with Gasteiger partial charge in [0.15, 0.2) is 18.2 Å². The molecule has 0 bridgehead atoms. The third-order valence-corrected chi connectivity index (χ3v) is 3.53. The van der Waals surface area contributed by atoms with Gasteiger partial charge >= 0.3 is 5.97 Å². The molecular weight excluding hydrogens is 407 g/mol. The van der Waals surface area contributed by atoms with Crippen molar-refractivity contribution in [1.82, 2.24) is 10.6 Å². The largest absolute Gasteiger partial charge is 0.454 e. The zero-order chi connectivity index (χ0) is 22.1. The first kappa shape index (κ1) is 22.4. The summed E-state index contributed by atoms with van der Waals surface area (Å²) in [6, 6.07) is 7.89. The molecule has 0 aliphatic heterocycles. The van der Waals surface area contributed by atoms with Crippen LogP contribution in [0.2, 0.25) is 0 Å². The summed E-state index contributed by atoms with van der Waals surface area (Å²) >= 11 is 0. The maximum absolute atomic E-state index is 13.4. The highest BCUT2D eigenvalue weighted by atomic mass is 19.2. The average molecular weight is 423 g/mol. The minimum atomic E-state index is -1.15. The third-order valence-electron chi connectivity index (χ3n) is 3.53. The van der Waals surface area contributed by atoms with Gasteiger partial charge in [-0.2, -0.15) is 0 Å². The molecule has 0 spiro atoms. The van der Waals surface area contributed by atoms with Gasteiger partial charge in [0.2, 0.25) is 5.91 Å². The Morgan fingerprint density at radius 1 is 0.800 bits per heavy atom. The topological polar surface area (TPSA) is 114 Å². The zero-order valence-electron chi connectivity index (χ0n) is 15.3. The molecule has 0 saturated carbocycles. The minimum Gasteiger partial charge on any atom is -0.454 e. The summed E-state index contributed by atoms with van der Waals surface area (Å²) in [7, 11) is 0. The first-order valence-corrected chi connectivity index (χ1v) is 8.46. The van der Waals surface area contributed by atoms with Crippen LogP contribution in [0, 0.1) is 17.5 Å². The van der Waals surface area contributed by atoms with Gasteiger partial charge in [-0.15, -0.1) is 0 Å². The molecule has 158 valence electrons. The van der Waals surface area contributed by atoms with E-state index in [9.17, 15) is 32.3 Å². The van der Waals surface area contributed by atoms with Gasteiger partial charge in [-0.3, -0.25) is 19.2 Å². The Labute approximate surface area is 168 Å². The number of rotatable bonds is 8. The molecule has 0 heterocycles. The highest BCUT2D eigenvalue weighted by molar-refractivity contribution is 5.96. The Morgan fingerprint density at radius 3 is 2.23 bits per heavy atom. The lowest BCUT2D eigenvalue weighted by Gasteiger charge is -2.09. The van der Waals surface area contributed by atoms with E-state index in [1.54, 1.807) is 0 Å². The van der Waals surface area contributed by atoms with Crippen molar-refractivity contribution in [2.45, 2.75) is 0 Å². The van der Waals surface area contributed by atoms with Crippen molar-refractivity contribution in [3.05, 3.63) is 65.5 Å². The summed E-state index contributed by atoms with van der Waals surface area (Å²) in [5.74, 6) is -6.31. The van der Waals surface area contributed by atoms with Crippen LogP contribution in [0.4, 0.5) is 18.9 Å². The molecule has 3 N–H and O–H groups in total. The van der Waals surface area contributed by atoms with Crippen LogP contribution in [0.1, 0.15) is 10.4 Å². The maximum atomic E-state index is 13.4. The van der Waals surface area contributed by atoms with Gasteiger partial charge < -0.3 is 20.7 Å². The molecule has 0 aliphatic carbocycles. The minimum absolute atomic E-state index is 0.00910. The Balaban J connectivity index is 1.66. The van der Waals surface area contributed by atoms with Gasteiger partial charge in [-0.25, -0.2) is 13.2 Å². The average Bonchev–Trinajstić information content (AvgIpc) is 2.72. The predicted octanol–water partition coefficient (Wildman–Crippen LogP) is 1.13. The van der Waals surface area contributed by atoms with Crippen LogP contribution in [-0.4, -0.2) is 43.4 Å². The molecule has 0 aromatic heterocycles. The number of carbonyl (C=O) groups excluding carboxylic acids is 4. The van der Waals surface area contributed by atoms with Gasteiger partial charge in [0, 0.05) is 11.8 Å². The molecule has 0 aliphatic rings. The fourth-order valence-corrected chi connectivity index (χ4v) is 2.10. The molecular formula is C19H16F3N3O5. The molecule has 2 rings (SSSR count). The fourth-order valence-electron chi connectivity index (χ4n) is 2.10. The van der Waals surface area contributed by atoms with E-state index < -0.39 is 60.8 Å². The standard InChI is InChI=1S/C19H16F3N3O5/c20-13-4-2-1-3-12(13)19(29)24-9-18(28)30-10-17(27)23-8-16(26)25-11-5-6-14(21)15(22)7-11/h1-7H,8-10H2,(H,23,27)(H,24,29)(H,25,26). The first-order valence-electron chi connectivity index (χ1n) is 8.46. The number of hydrogen-bond donors (Lipinski definition) is 3. The Hall–Kier alpha value is -3.89. The van der Waals surface area contributed by atoms with E-state index in [1.807, 2.05) is 0 Å². The summed E-state index contributed by atoms with van der Waals surface area (Å²) in [4.78, 5) is 46.6. The summed E-state index contributed by atoms with van der Waals surface area (Å²) in [6.45, 7) is -1.84. The van der Waals surface area contributed by atoms with Gasteiger partial charge in [0.05, 0.1) is 12.1 Å². The molecule has 0 radical (unpaired) electrons. The van der Waals surface area contributed by atoms with E-state index >= 15 is 0 Å². The van der Waals surface area contributed by atoms with Crippen LogP contribution in [0.3, 0.4) is 0 Å². The number of ether oxygens (including phenoxy) is 1. The predicted molar refractivity (Wildman–Crippen MR) is 97.7 cm³/mol. The second-order valence-electron chi connectivity index (χ2n) is 5.78. The Morgan fingerprint density at radius 2 is 1.53 bits per heavy atom. The molecule has 0 unspecified atom stereocenters. The van der Waals surface area contributed by atoms with Crippen molar-refractivity contribution >= 4 is 29.4 Å². The maximum Gasteiger partial charge on any atom is 0.325 e. The van der Waals surface area contributed by atoms with Crippen LogP contribution in [-0.2, 0) is 19.1 Å². The van der Waals surface area contributed by atoms with Crippen molar-refractivity contribution in [2.75, 3.05) is 25.0 Å². The molecule has 8 nitrogen and oxygen atoms in total. The van der Waals surface area contributed by atoms with Crippen LogP contribution in [0.5, 0.6) is 0 Å². The van der Waals surface area contributed by atoms with Crippen LogP contribution in [0.25, 0.3) is 0 Å². The van der Waals surface area contributed by atoms with E-state index in [1.165, 1.54) is 18.2 Å². The van der Waals surface area contributed by atoms with Crippen molar-refractivity contribution in [3.8, 4) is 0 Å². The second kappa shape index (κ2) is 10.6. The molecule has 11 heteroatoms. The zero-order valence-corrected chi connectivity index (χ0v) is 15.3. The lowest BCUT2D eigenvalue weighted by Crippen LogP contribution is -2.37. The van der Waals surface area contributed by atoms with Gasteiger partial charge in [0.25, 0.3) is 11.8 Å². The number of amides is 3. The monoisotopic (exact) mass is 423 g/mol. The van der Waals surface area contributed by atoms with Crippen molar-refractivity contribution < 1.29 is 37.1 Å². The second-order valence-corrected chi connectivity index (χ2v) is 5.78. The Bertz CT molecular complexity index is 968. The lowest BCUT2D eigenvalue weighted by atomic mass is 10.2. The van der Waals surface area contributed by atoms with E-state index in [2.05, 4.69) is 20.7 Å². The Kier molecular flexibility index (Phi) is 7.91. The van der Waals surface area contributed by atoms with Crippen LogP contribution in [0.15, 0.2) is 42.5 Å². The van der Waals surface area contributed by atoms with E-state index in [4.69, 9.17) is 0 Å². The molecule has 0 atom stereocenters. The van der Waals surface area contributed by atoms with Crippen molar-refractivity contribution in [3.63, 3.8) is 0 Å². The van der Waals surface area contributed by atoms with Crippen LogP contribution < -0.4 is 16.0 Å². The van der Waals surface area contributed by atoms with Gasteiger partial charge in [0.1, 0.15) is 12.4 Å². The van der Waals surface area contributed by atoms with E-state index in [0.717, 1.165) is 24.3 Å². The molecule has 2 aromatic rings.